The van der Waals surface area contributed by atoms with E-state index in [9.17, 15) is 9.59 Å². The molecule has 0 saturated heterocycles. The number of amides is 1. The van der Waals surface area contributed by atoms with Crippen molar-refractivity contribution in [2.24, 2.45) is 0 Å². The molecule has 1 amide bonds. The van der Waals surface area contributed by atoms with Crippen LogP contribution in [0, 0.1) is 6.92 Å². The molecule has 18 heavy (non-hydrogen) atoms. The van der Waals surface area contributed by atoms with Gasteiger partial charge in [-0.05, 0) is 25.3 Å². The van der Waals surface area contributed by atoms with Crippen LogP contribution < -0.4 is 5.32 Å². The van der Waals surface area contributed by atoms with Gasteiger partial charge in [-0.1, -0.05) is 29.8 Å². The van der Waals surface area contributed by atoms with Crippen molar-refractivity contribution in [2.75, 3.05) is 6.54 Å². The van der Waals surface area contributed by atoms with Crippen LogP contribution in [-0.4, -0.2) is 23.5 Å². The predicted molar refractivity (Wildman–Crippen MR) is 69.4 cm³/mol. The Bertz CT molecular complexity index is 415. The number of nitrogens with one attached hydrogen (secondary N) is 1. The van der Waals surface area contributed by atoms with Gasteiger partial charge in [-0.2, -0.15) is 0 Å². The minimum Gasteiger partial charge on any atom is -0.481 e. The van der Waals surface area contributed by atoms with Crippen LogP contribution in [0.5, 0.6) is 0 Å². The minimum absolute atomic E-state index is 0.0469. The third-order valence-electron chi connectivity index (χ3n) is 2.61. The Hall–Kier alpha value is -1.84. The molecule has 98 valence electrons. The summed E-state index contributed by atoms with van der Waals surface area (Å²) in [5, 5.41) is 11.2. The van der Waals surface area contributed by atoms with Crippen molar-refractivity contribution in [3.63, 3.8) is 0 Å². The molecule has 0 atom stereocenters. The molecule has 0 spiro atoms. The largest absolute Gasteiger partial charge is 0.481 e. The first-order valence-electron chi connectivity index (χ1n) is 6.12. The van der Waals surface area contributed by atoms with Gasteiger partial charge >= 0.3 is 5.97 Å². The average Bonchev–Trinajstić information content (AvgIpc) is 2.28. The zero-order valence-corrected chi connectivity index (χ0v) is 10.6. The highest BCUT2D eigenvalue weighted by Crippen LogP contribution is 2.04. The summed E-state index contributed by atoms with van der Waals surface area (Å²) in [6.07, 6.45) is 1.52. The van der Waals surface area contributed by atoms with Crippen molar-refractivity contribution in [3.8, 4) is 0 Å². The average molecular weight is 249 g/mol. The fourth-order valence-corrected chi connectivity index (χ4v) is 1.70. The molecule has 0 saturated carbocycles. The summed E-state index contributed by atoms with van der Waals surface area (Å²) in [5.74, 6) is -0.938. The second-order valence-electron chi connectivity index (χ2n) is 4.34. The lowest BCUT2D eigenvalue weighted by molar-refractivity contribution is -0.137. The van der Waals surface area contributed by atoms with E-state index in [2.05, 4.69) is 11.4 Å². The Morgan fingerprint density at radius 2 is 2.06 bits per heavy atom. The second kappa shape index (κ2) is 7.48. The molecule has 0 unspecified atom stereocenters. The third-order valence-corrected chi connectivity index (χ3v) is 2.61. The number of carbonyl (C=O) groups excluding carboxylic acids is 1. The number of rotatable bonds is 7. The summed E-state index contributed by atoms with van der Waals surface area (Å²) < 4.78 is 0. The number of carbonyl (C=O) groups is 2. The summed E-state index contributed by atoms with van der Waals surface area (Å²) >= 11 is 0. The van der Waals surface area contributed by atoms with Gasteiger partial charge in [-0.25, -0.2) is 0 Å². The number of carboxylic acids is 1. The summed E-state index contributed by atoms with van der Waals surface area (Å²) in [6.45, 7) is 2.63. The number of hydrogen-bond acceptors (Lipinski definition) is 2. The van der Waals surface area contributed by atoms with Gasteiger partial charge in [0.05, 0.1) is 0 Å². The Kier molecular flexibility index (Phi) is 5.91. The lowest BCUT2D eigenvalue weighted by Gasteiger charge is -2.05. The maximum absolute atomic E-state index is 11.4. The first kappa shape index (κ1) is 14.2. The van der Waals surface area contributed by atoms with E-state index in [1.807, 2.05) is 25.1 Å². The molecular weight excluding hydrogens is 230 g/mol. The van der Waals surface area contributed by atoms with Crippen LogP contribution in [0.25, 0.3) is 0 Å². The molecule has 0 fully saturated rings. The summed E-state index contributed by atoms with van der Waals surface area (Å²) in [5.41, 5.74) is 2.40. The van der Waals surface area contributed by atoms with Crippen molar-refractivity contribution in [3.05, 3.63) is 35.4 Å². The quantitative estimate of drug-likeness (QED) is 0.775. The van der Waals surface area contributed by atoms with Crippen LogP contribution in [0.15, 0.2) is 24.3 Å². The zero-order chi connectivity index (χ0) is 13.4. The standard InChI is InChI=1S/C14H19NO3/c1-11-4-2-5-12(10-11)8-9-15-13(16)6-3-7-14(17)18/h2,4-5,10H,3,6-9H2,1H3,(H,15,16)(H,17,18). The van der Waals surface area contributed by atoms with Crippen molar-refractivity contribution in [1.29, 1.82) is 0 Å². The van der Waals surface area contributed by atoms with Crippen LogP contribution in [-0.2, 0) is 16.0 Å². The van der Waals surface area contributed by atoms with Crippen LogP contribution >= 0.6 is 0 Å². The van der Waals surface area contributed by atoms with Gasteiger partial charge in [0, 0.05) is 19.4 Å². The number of benzene rings is 1. The van der Waals surface area contributed by atoms with Gasteiger partial charge in [0.1, 0.15) is 0 Å². The van der Waals surface area contributed by atoms with E-state index in [0.717, 1.165) is 6.42 Å². The fourth-order valence-electron chi connectivity index (χ4n) is 1.70. The number of aliphatic carboxylic acids is 1. The highest BCUT2D eigenvalue weighted by Gasteiger charge is 2.03. The van der Waals surface area contributed by atoms with Crippen LogP contribution in [0.4, 0.5) is 0 Å². The summed E-state index contributed by atoms with van der Waals surface area (Å²) in [4.78, 5) is 21.7. The first-order valence-corrected chi connectivity index (χ1v) is 6.12. The smallest absolute Gasteiger partial charge is 0.303 e. The van der Waals surface area contributed by atoms with E-state index in [1.165, 1.54) is 11.1 Å². The Balaban J connectivity index is 2.17. The molecule has 0 heterocycles. The molecule has 0 aromatic heterocycles. The lowest BCUT2D eigenvalue weighted by atomic mass is 10.1. The zero-order valence-electron chi connectivity index (χ0n) is 10.6. The minimum atomic E-state index is -0.859. The Morgan fingerprint density at radius 3 is 2.72 bits per heavy atom. The molecule has 0 aliphatic rings. The summed E-state index contributed by atoms with van der Waals surface area (Å²) in [7, 11) is 0. The molecule has 2 N–H and O–H groups in total. The van der Waals surface area contributed by atoms with E-state index in [0.29, 0.717) is 13.0 Å². The second-order valence-corrected chi connectivity index (χ2v) is 4.34. The molecule has 4 heteroatoms. The monoisotopic (exact) mass is 249 g/mol. The topological polar surface area (TPSA) is 66.4 Å². The molecule has 0 radical (unpaired) electrons. The molecule has 4 nitrogen and oxygen atoms in total. The van der Waals surface area contributed by atoms with Crippen LogP contribution in [0.3, 0.4) is 0 Å². The number of carboxylic acid groups (broad SMARTS) is 1. The van der Waals surface area contributed by atoms with Gasteiger partial charge in [0.15, 0.2) is 0 Å². The Morgan fingerprint density at radius 1 is 1.28 bits per heavy atom. The van der Waals surface area contributed by atoms with Crippen molar-refractivity contribution in [1.82, 2.24) is 5.32 Å². The SMILES string of the molecule is Cc1cccc(CCNC(=O)CCCC(=O)O)c1. The van der Waals surface area contributed by atoms with E-state index < -0.39 is 5.97 Å². The van der Waals surface area contributed by atoms with Crippen molar-refractivity contribution >= 4 is 11.9 Å². The van der Waals surface area contributed by atoms with Crippen LogP contribution in [0.1, 0.15) is 30.4 Å². The molecule has 1 aromatic carbocycles. The molecular formula is C14H19NO3. The molecule has 0 bridgehead atoms. The van der Waals surface area contributed by atoms with E-state index >= 15 is 0 Å². The van der Waals surface area contributed by atoms with E-state index in [1.54, 1.807) is 0 Å². The maximum Gasteiger partial charge on any atom is 0.303 e. The van der Waals surface area contributed by atoms with Gasteiger partial charge in [0.2, 0.25) is 5.91 Å². The van der Waals surface area contributed by atoms with Crippen molar-refractivity contribution < 1.29 is 14.7 Å². The number of hydrogen-bond donors (Lipinski definition) is 2. The van der Waals surface area contributed by atoms with Gasteiger partial charge in [-0.15, -0.1) is 0 Å². The fraction of sp³-hybridized carbons (Fsp3) is 0.429. The predicted octanol–water partition coefficient (Wildman–Crippen LogP) is 1.91. The molecule has 1 aromatic rings. The van der Waals surface area contributed by atoms with Gasteiger partial charge in [-0.3, -0.25) is 9.59 Å². The molecule has 1 rings (SSSR count). The molecule has 0 aliphatic heterocycles. The van der Waals surface area contributed by atoms with Crippen LogP contribution in [0.2, 0.25) is 0 Å². The Labute approximate surface area is 107 Å². The maximum atomic E-state index is 11.4. The van der Waals surface area contributed by atoms with E-state index in [4.69, 9.17) is 5.11 Å². The summed E-state index contributed by atoms with van der Waals surface area (Å²) in [6, 6.07) is 8.16. The lowest BCUT2D eigenvalue weighted by Crippen LogP contribution is -2.25. The van der Waals surface area contributed by atoms with Gasteiger partial charge < -0.3 is 10.4 Å². The number of aryl methyl sites for hydroxylation is 1. The normalized spacial score (nSPS) is 10.1. The third kappa shape index (κ3) is 6.03. The van der Waals surface area contributed by atoms with E-state index in [-0.39, 0.29) is 18.7 Å². The first-order chi connectivity index (χ1) is 8.58. The highest BCUT2D eigenvalue weighted by atomic mass is 16.4. The highest BCUT2D eigenvalue weighted by molar-refractivity contribution is 5.76. The molecule has 0 aliphatic carbocycles. The van der Waals surface area contributed by atoms with Gasteiger partial charge in [0.25, 0.3) is 0 Å². The van der Waals surface area contributed by atoms with Crippen molar-refractivity contribution in [2.45, 2.75) is 32.6 Å².